The Morgan fingerprint density at radius 3 is 2.31 bits per heavy atom. The average Bonchev–Trinajstić information content (AvgIpc) is 2.31. The summed E-state index contributed by atoms with van der Waals surface area (Å²) in [6.07, 6.45) is 2.08. The maximum atomic E-state index is 11.3. The lowest BCUT2D eigenvalue weighted by atomic mass is 10.3. The standard InChI is InChI=1S/C11H8N2O3/c14-11(15-9-5-2-1-3-6-9)16-10-12-7-4-8-13-10/h1-8H. The maximum Gasteiger partial charge on any atom is 0.521 e. The first kappa shape index (κ1) is 10.1. The van der Waals surface area contributed by atoms with Crippen LogP contribution in [0.5, 0.6) is 11.8 Å². The zero-order valence-corrected chi connectivity index (χ0v) is 8.24. The fourth-order valence-corrected chi connectivity index (χ4v) is 1.02. The SMILES string of the molecule is O=C(Oc1ccccc1)Oc1ncccn1. The Morgan fingerprint density at radius 2 is 1.62 bits per heavy atom. The van der Waals surface area contributed by atoms with Crippen molar-refractivity contribution in [3.63, 3.8) is 0 Å². The Kier molecular flexibility index (Phi) is 3.08. The molecule has 0 aliphatic heterocycles. The second-order valence-corrected chi connectivity index (χ2v) is 2.80. The van der Waals surface area contributed by atoms with E-state index in [9.17, 15) is 4.79 Å². The van der Waals surface area contributed by atoms with Crippen LogP contribution in [0.3, 0.4) is 0 Å². The smallest absolute Gasteiger partial charge is 0.395 e. The highest BCUT2D eigenvalue weighted by Crippen LogP contribution is 2.09. The van der Waals surface area contributed by atoms with Crippen LogP contribution in [0.25, 0.3) is 0 Å². The van der Waals surface area contributed by atoms with Gasteiger partial charge in [-0.15, -0.1) is 0 Å². The highest BCUT2D eigenvalue weighted by molar-refractivity contribution is 5.65. The highest BCUT2D eigenvalue weighted by atomic mass is 16.7. The van der Waals surface area contributed by atoms with Crippen molar-refractivity contribution in [2.45, 2.75) is 0 Å². The molecule has 1 aromatic carbocycles. The summed E-state index contributed by atoms with van der Waals surface area (Å²) in [6, 6.07) is 10.2. The molecule has 0 atom stereocenters. The molecular formula is C11H8N2O3. The van der Waals surface area contributed by atoms with Crippen LogP contribution in [-0.2, 0) is 0 Å². The second-order valence-electron chi connectivity index (χ2n) is 2.80. The number of hydrogen-bond donors (Lipinski definition) is 0. The summed E-state index contributed by atoms with van der Waals surface area (Å²) in [5.41, 5.74) is 0. The highest BCUT2D eigenvalue weighted by Gasteiger charge is 2.08. The van der Waals surface area contributed by atoms with Crippen LogP contribution in [-0.4, -0.2) is 16.1 Å². The number of para-hydroxylation sites is 1. The fourth-order valence-electron chi connectivity index (χ4n) is 1.02. The molecule has 0 aliphatic rings. The molecule has 0 radical (unpaired) electrons. The first-order chi connectivity index (χ1) is 7.84. The molecule has 0 N–H and O–H groups in total. The van der Waals surface area contributed by atoms with E-state index in [1.165, 1.54) is 12.4 Å². The van der Waals surface area contributed by atoms with Crippen molar-refractivity contribution in [2.75, 3.05) is 0 Å². The van der Waals surface area contributed by atoms with Gasteiger partial charge in [-0.1, -0.05) is 18.2 Å². The molecule has 0 aliphatic carbocycles. The van der Waals surface area contributed by atoms with Crippen molar-refractivity contribution in [3.8, 4) is 11.8 Å². The minimum Gasteiger partial charge on any atom is -0.395 e. The van der Waals surface area contributed by atoms with Gasteiger partial charge in [-0.2, -0.15) is 0 Å². The van der Waals surface area contributed by atoms with E-state index in [-0.39, 0.29) is 6.01 Å². The summed E-state index contributed by atoms with van der Waals surface area (Å²) in [5, 5.41) is 0. The molecule has 0 unspecified atom stereocenters. The van der Waals surface area contributed by atoms with E-state index >= 15 is 0 Å². The van der Waals surface area contributed by atoms with E-state index in [4.69, 9.17) is 9.47 Å². The van der Waals surface area contributed by atoms with Crippen molar-refractivity contribution < 1.29 is 14.3 Å². The molecule has 80 valence electrons. The molecule has 16 heavy (non-hydrogen) atoms. The van der Waals surface area contributed by atoms with Crippen molar-refractivity contribution in [1.29, 1.82) is 0 Å². The first-order valence-corrected chi connectivity index (χ1v) is 4.56. The van der Waals surface area contributed by atoms with Gasteiger partial charge in [-0.25, -0.2) is 14.8 Å². The van der Waals surface area contributed by atoms with Gasteiger partial charge < -0.3 is 9.47 Å². The Morgan fingerprint density at radius 1 is 0.938 bits per heavy atom. The predicted octanol–water partition coefficient (Wildman–Crippen LogP) is 2.05. The summed E-state index contributed by atoms with van der Waals surface area (Å²) >= 11 is 0. The molecule has 5 nitrogen and oxygen atoms in total. The number of carbonyl (C=O) groups is 1. The number of benzene rings is 1. The van der Waals surface area contributed by atoms with E-state index in [0.717, 1.165) is 0 Å². The number of ether oxygens (including phenoxy) is 2. The van der Waals surface area contributed by atoms with E-state index in [1.807, 2.05) is 6.07 Å². The summed E-state index contributed by atoms with van der Waals surface area (Å²) in [6.45, 7) is 0. The molecule has 0 fully saturated rings. The van der Waals surface area contributed by atoms with E-state index in [1.54, 1.807) is 30.3 Å². The van der Waals surface area contributed by atoms with Crippen LogP contribution >= 0.6 is 0 Å². The quantitative estimate of drug-likeness (QED) is 0.568. The number of rotatable bonds is 2. The van der Waals surface area contributed by atoms with Crippen LogP contribution in [0.2, 0.25) is 0 Å². The predicted molar refractivity (Wildman–Crippen MR) is 55.1 cm³/mol. The lowest BCUT2D eigenvalue weighted by Gasteiger charge is -2.02. The Hall–Kier alpha value is -2.43. The van der Waals surface area contributed by atoms with Gasteiger partial charge in [-0.05, 0) is 18.2 Å². The van der Waals surface area contributed by atoms with E-state index < -0.39 is 6.16 Å². The lowest BCUT2D eigenvalue weighted by molar-refractivity contribution is 0.148. The second kappa shape index (κ2) is 4.88. The first-order valence-electron chi connectivity index (χ1n) is 4.56. The van der Waals surface area contributed by atoms with Crippen LogP contribution in [0.4, 0.5) is 4.79 Å². The van der Waals surface area contributed by atoms with Gasteiger partial charge in [0.1, 0.15) is 5.75 Å². The van der Waals surface area contributed by atoms with Crippen LogP contribution < -0.4 is 9.47 Å². The molecule has 1 heterocycles. The van der Waals surface area contributed by atoms with Gasteiger partial charge in [0.05, 0.1) is 0 Å². The molecule has 2 aromatic rings. The maximum absolute atomic E-state index is 11.3. The molecule has 1 aromatic heterocycles. The van der Waals surface area contributed by atoms with Crippen molar-refractivity contribution in [1.82, 2.24) is 9.97 Å². The number of hydrogen-bond acceptors (Lipinski definition) is 5. The van der Waals surface area contributed by atoms with Crippen LogP contribution in [0.15, 0.2) is 48.8 Å². The summed E-state index contributed by atoms with van der Waals surface area (Å²) in [5.74, 6) is 0.406. The third-order valence-electron chi connectivity index (χ3n) is 1.66. The molecule has 0 saturated carbocycles. The zero-order chi connectivity index (χ0) is 11.2. The van der Waals surface area contributed by atoms with Crippen LogP contribution in [0.1, 0.15) is 0 Å². The van der Waals surface area contributed by atoms with Crippen molar-refractivity contribution in [2.24, 2.45) is 0 Å². The minimum atomic E-state index is -0.864. The van der Waals surface area contributed by atoms with Crippen molar-refractivity contribution >= 4 is 6.16 Å². The van der Waals surface area contributed by atoms with Gasteiger partial charge in [-0.3, -0.25) is 0 Å². The fraction of sp³-hybridized carbons (Fsp3) is 0. The van der Waals surface area contributed by atoms with Gasteiger partial charge in [0.15, 0.2) is 0 Å². The van der Waals surface area contributed by atoms with Gasteiger partial charge >= 0.3 is 12.2 Å². The third kappa shape index (κ3) is 2.78. The number of aromatic nitrogens is 2. The number of carbonyl (C=O) groups excluding carboxylic acids is 1. The molecule has 0 saturated heterocycles. The largest absolute Gasteiger partial charge is 0.521 e. The topological polar surface area (TPSA) is 61.3 Å². The zero-order valence-electron chi connectivity index (χ0n) is 8.24. The molecule has 0 bridgehead atoms. The van der Waals surface area contributed by atoms with Crippen molar-refractivity contribution in [3.05, 3.63) is 48.8 Å². The van der Waals surface area contributed by atoms with E-state index in [0.29, 0.717) is 5.75 Å². The molecule has 0 amide bonds. The van der Waals surface area contributed by atoms with Gasteiger partial charge in [0.2, 0.25) is 0 Å². The third-order valence-corrected chi connectivity index (χ3v) is 1.66. The monoisotopic (exact) mass is 216 g/mol. The Bertz CT molecular complexity index is 416. The molecule has 2 rings (SSSR count). The summed E-state index contributed by atoms with van der Waals surface area (Å²) in [7, 11) is 0. The van der Waals surface area contributed by atoms with Gasteiger partial charge in [0.25, 0.3) is 0 Å². The van der Waals surface area contributed by atoms with Gasteiger partial charge in [0, 0.05) is 12.4 Å². The molecule has 5 heteroatoms. The summed E-state index contributed by atoms with van der Waals surface area (Å²) < 4.78 is 9.61. The number of nitrogens with zero attached hydrogens (tertiary/aromatic N) is 2. The Labute approximate surface area is 91.7 Å². The normalized spacial score (nSPS) is 9.50. The lowest BCUT2D eigenvalue weighted by Crippen LogP contribution is -2.15. The molecule has 0 spiro atoms. The minimum absolute atomic E-state index is 0.0385. The Balaban J connectivity index is 1.95. The van der Waals surface area contributed by atoms with Crippen LogP contribution in [0, 0.1) is 0 Å². The summed E-state index contributed by atoms with van der Waals surface area (Å²) in [4.78, 5) is 18.7. The van der Waals surface area contributed by atoms with E-state index in [2.05, 4.69) is 9.97 Å². The molecular weight excluding hydrogens is 208 g/mol. The average molecular weight is 216 g/mol.